The lowest BCUT2D eigenvalue weighted by atomic mass is 9.91. The minimum atomic E-state index is -3.08. The molecule has 17 heavy (non-hydrogen) atoms. The zero-order valence-electron chi connectivity index (χ0n) is 11.4. The van der Waals surface area contributed by atoms with E-state index in [1.807, 2.05) is 0 Å². The molecule has 0 aliphatic heterocycles. The maximum atomic E-state index is 11.5. The summed E-state index contributed by atoms with van der Waals surface area (Å²) in [5.41, 5.74) is 0.387. The third kappa shape index (κ3) is 4.94. The third-order valence-electron chi connectivity index (χ3n) is 3.48. The van der Waals surface area contributed by atoms with Crippen molar-refractivity contribution in [2.75, 3.05) is 18.8 Å². The Morgan fingerprint density at radius 3 is 2.41 bits per heavy atom. The van der Waals surface area contributed by atoms with Crippen LogP contribution >= 0.6 is 0 Å². The highest BCUT2D eigenvalue weighted by Gasteiger charge is 2.36. The van der Waals surface area contributed by atoms with E-state index in [9.17, 15) is 8.42 Å². The first-order valence-electron chi connectivity index (χ1n) is 6.46. The molecular weight excluding hydrogens is 236 g/mol. The highest BCUT2D eigenvalue weighted by Crippen LogP contribution is 2.40. The second-order valence-corrected chi connectivity index (χ2v) is 7.85. The number of nitrogens with one attached hydrogen (secondary N) is 2. The zero-order chi connectivity index (χ0) is 13.1. The van der Waals surface area contributed by atoms with Gasteiger partial charge >= 0.3 is 0 Å². The fourth-order valence-corrected chi connectivity index (χ4v) is 3.81. The van der Waals surface area contributed by atoms with E-state index in [2.05, 4.69) is 30.8 Å². The van der Waals surface area contributed by atoms with E-state index in [1.54, 1.807) is 6.92 Å². The first-order chi connectivity index (χ1) is 7.76. The predicted octanol–water partition coefficient (Wildman–Crippen LogP) is 1.34. The van der Waals surface area contributed by atoms with Crippen LogP contribution in [-0.4, -0.2) is 33.3 Å². The summed E-state index contributed by atoms with van der Waals surface area (Å²) in [5.74, 6) is 0.802. The van der Waals surface area contributed by atoms with Gasteiger partial charge in [-0.3, -0.25) is 0 Å². The van der Waals surface area contributed by atoms with Crippen molar-refractivity contribution in [1.29, 1.82) is 0 Å². The molecule has 0 aromatic carbocycles. The molecule has 1 saturated carbocycles. The first kappa shape index (κ1) is 14.9. The van der Waals surface area contributed by atoms with Gasteiger partial charge in [-0.2, -0.15) is 0 Å². The van der Waals surface area contributed by atoms with Crippen LogP contribution in [0, 0.1) is 11.3 Å². The van der Waals surface area contributed by atoms with E-state index in [0.717, 1.165) is 6.42 Å². The average Bonchev–Trinajstić information content (AvgIpc) is 2.39. The van der Waals surface area contributed by atoms with Crippen LogP contribution in [0.15, 0.2) is 0 Å². The third-order valence-corrected chi connectivity index (χ3v) is 4.95. The van der Waals surface area contributed by atoms with Crippen LogP contribution in [0.25, 0.3) is 0 Å². The summed E-state index contributed by atoms with van der Waals surface area (Å²) >= 11 is 0. The lowest BCUT2D eigenvalue weighted by molar-refractivity contribution is 0.363. The first-order valence-corrected chi connectivity index (χ1v) is 8.12. The van der Waals surface area contributed by atoms with Gasteiger partial charge < -0.3 is 5.32 Å². The van der Waals surface area contributed by atoms with Crippen molar-refractivity contribution < 1.29 is 8.42 Å². The SMILES string of the molecule is CCNS(=O)(=O)CCNC1CC(C)(C)CC1C. The molecule has 0 amide bonds. The molecule has 4 nitrogen and oxygen atoms in total. The minimum Gasteiger partial charge on any atom is -0.313 e. The smallest absolute Gasteiger partial charge is 0.212 e. The zero-order valence-corrected chi connectivity index (χ0v) is 12.2. The van der Waals surface area contributed by atoms with Crippen molar-refractivity contribution in [2.24, 2.45) is 11.3 Å². The number of sulfonamides is 1. The summed E-state index contributed by atoms with van der Waals surface area (Å²) in [6, 6.07) is 0.460. The second kappa shape index (κ2) is 5.67. The van der Waals surface area contributed by atoms with Gasteiger partial charge in [-0.15, -0.1) is 0 Å². The van der Waals surface area contributed by atoms with Crippen LogP contribution in [0.2, 0.25) is 0 Å². The molecule has 0 bridgehead atoms. The van der Waals surface area contributed by atoms with Crippen molar-refractivity contribution in [2.45, 2.75) is 46.6 Å². The fraction of sp³-hybridized carbons (Fsp3) is 1.00. The van der Waals surface area contributed by atoms with Crippen LogP contribution in [0.3, 0.4) is 0 Å². The average molecular weight is 262 g/mol. The predicted molar refractivity (Wildman–Crippen MR) is 71.4 cm³/mol. The van der Waals surface area contributed by atoms with E-state index < -0.39 is 10.0 Å². The highest BCUT2D eigenvalue weighted by atomic mass is 32.2. The lowest BCUT2D eigenvalue weighted by Gasteiger charge is -2.18. The quantitative estimate of drug-likeness (QED) is 0.759. The maximum Gasteiger partial charge on any atom is 0.212 e. The normalized spacial score (nSPS) is 28.5. The summed E-state index contributed by atoms with van der Waals surface area (Å²) in [5, 5.41) is 3.38. The Morgan fingerprint density at radius 2 is 1.94 bits per heavy atom. The molecule has 5 heteroatoms. The van der Waals surface area contributed by atoms with E-state index in [1.165, 1.54) is 6.42 Å². The summed E-state index contributed by atoms with van der Waals surface area (Å²) in [6.45, 7) is 9.61. The van der Waals surface area contributed by atoms with Crippen molar-refractivity contribution in [1.82, 2.24) is 10.0 Å². The van der Waals surface area contributed by atoms with Gasteiger partial charge in [0.1, 0.15) is 0 Å². The van der Waals surface area contributed by atoms with Gasteiger partial charge in [0.05, 0.1) is 5.75 Å². The van der Waals surface area contributed by atoms with Crippen LogP contribution in [0.5, 0.6) is 0 Å². The Kier molecular flexibility index (Phi) is 4.98. The molecule has 102 valence electrons. The van der Waals surface area contributed by atoms with Gasteiger partial charge in [0, 0.05) is 19.1 Å². The molecule has 0 heterocycles. The molecule has 2 atom stereocenters. The topological polar surface area (TPSA) is 58.2 Å². The largest absolute Gasteiger partial charge is 0.313 e. The summed E-state index contributed by atoms with van der Waals surface area (Å²) < 4.78 is 25.4. The van der Waals surface area contributed by atoms with Crippen molar-refractivity contribution >= 4 is 10.0 Å². The van der Waals surface area contributed by atoms with Crippen molar-refractivity contribution in [3.8, 4) is 0 Å². The van der Waals surface area contributed by atoms with Crippen LogP contribution < -0.4 is 10.0 Å². The van der Waals surface area contributed by atoms with Gasteiger partial charge in [0.2, 0.25) is 10.0 Å². The van der Waals surface area contributed by atoms with Crippen LogP contribution in [0.4, 0.5) is 0 Å². The summed E-state index contributed by atoms with van der Waals surface area (Å²) in [4.78, 5) is 0. The Labute approximate surface area is 106 Å². The molecule has 2 N–H and O–H groups in total. The number of hydrogen-bond donors (Lipinski definition) is 2. The van der Waals surface area contributed by atoms with E-state index >= 15 is 0 Å². The molecule has 2 unspecified atom stereocenters. The Balaban J connectivity index is 2.33. The van der Waals surface area contributed by atoms with E-state index in [4.69, 9.17) is 0 Å². The van der Waals surface area contributed by atoms with Crippen LogP contribution in [-0.2, 0) is 10.0 Å². The standard InChI is InChI=1S/C12H26N2O2S/c1-5-14-17(15,16)7-6-13-11-9-12(3,4)8-10(11)2/h10-11,13-14H,5-9H2,1-4H3. The summed E-state index contributed by atoms with van der Waals surface area (Å²) in [7, 11) is -3.08. The highest BCUT2D eigenvalue weighted by molar-refractivity contribution is 7.89. The Bertz CT molecular complexity index is 338. The molecule has 0 aromatic heterocycles. The molecule has 1 fully saturated rings. The molecule has 0 spiro atoms. The maximum absolute atomic E-state index is 11.5. The molecule has 0 aromatic rings. The minimum absolute atomic E-state index is 0.171. The summed E-state index contributed by atoms with van der Waals surface area (Å²) in [6.07, 6.45) is 2.35. The van der Waals surface area contributed by atoms with Crippen molar-refractivity contribution in [3.63, 3.8) is 0 Å². The molecule has 1 aliphatic rings. The monoisotopic (exact) mass is 262 g/mol. The van der Waals surface area contributed by atoms with Gasteiger partial charge in [0.25, 0.3) is 0 Å². The molecular formula is C12H26N2O2S. The molecule has 1 rings (SSSR count). The van der Waals surface area contributed by atoms with Gasteiger partial charge in [-0.1, -0.05) is 27.7 Å². The molecule has 1 aliphatic carbocycles. The number of rotatable bonds is 6. The van der Waals surface area contributed by atoms with Crippen molar-refractivity contribution in [3.05, 3.63) is 0 Å². The Hall–Kier alpha value is -0.130. The lowest BCUT2D eigenvalue weighted by Crippen LogP contribution is -2.38. The van der Waals surface area contributed by atoms with Gasteiger partial charge in [0.15, 0.2) is 0 Å². The van der Waals surface area contributed by atoms with Gasteiger partial charge in [-0.25, -0.2) is 13.1 Å². The fourth-order valence-electron chi connectivity index (χ4n) is 2.84. The molecule has 0 radical (unpaired) electrons. The number of hydrogen-bond acceptors (Lipinski definition) is 3. The van der Waals surface area contributed by atoms with Gasteiger partial charge in [-0.05, 0) is 24.2 Å². The van der Waals surface area contributed by atoms with Crippen LogP contribution in [0.1, 0.15) is 40.5 Å². The van der Waals surface area contributed by atoms with E-state index in [-0.39, 0.29) is 5.75 Å². The molecule has 0 saturated heterocycles. The Morgan fingerprint density at radius 1 is 1.29 bits per heavy atom. The second-order valence-electron chi connectivity index (χ2n) is 5.93. The van der Waals surface area contributed by atoms with E-state index in [0.29, 0.717) is 30.5 Å².